The molecule has 0 atom stereocenters. The first kappa shape index (κ1) is 12.9. The van der Waals surface area contributed by atoms with Crippen molar-refractivity contribution in [2.75, 3.05) is 20.1 Å². The zero-order valence-corrected chi connectivity index (χ0v) is 11.8. The Kier molecular flexibility index (Phi) is 3.50. The van der Waals surface area contributed by atoms with Crippen LogP contribution in [0.4, 0.5) is 0 Å². The molecule has 1 aromatic rings. The summed E-state index contributed by atoms with van der Waals surface area (Å²) < 4.78 is 6.23. The van der Waals surface area contributed by atoms with Crippen molar-refractivity contribution >= 4 is 0 Å². The van der Waals surface area contributed by atoms with Crippen LogP contribution in [0.3, 0.4) is 0 Å². The van der Waals surface area contributed by atoms with Crippen molar-refractivity contribution in [1.29, 1.82) is 0 Å². The number of nitrogens with two attached hydrogens (primary N) is 1. The molecule has 1 saturated heterocycles. The van der Waals surface area contributed by atoms with Gasteiger partial charge in [-0.2, -0.15) is 0 Å². The Labute approximate surface area is 115 Å². The monoisotopic (exact) mass is 260 g/mol. The van der Waals surface area contributed by atoms with Crippen molar-refractivity contribution in [1.82, 2.24) is 4.90 Å². The van der Waals surface area contributed by atoms with Gasteiger partial charge in [0.15, 0.2) is 0 Å². The van der Waals surface area contributed by atoms with Gasteiger partial charge in [0.25, 0.3) is 0 Å². The van der Waals surface area contributed by atoms with Crippen LogP contribution in [-0.2, 0) is 6.42 Å². The smallest absolute Gasteiger partial charge is 0.122 e. The number of piperidine rings is 1. The molecule has 1 aromatic carbocycles. The lowest BCUT2D eigenvalue weighted by Crippen LogP contribution is -2.36. The molecule has 2 fully saturated rings. The van der Waals surface area contributed by atoms with E-state index in [9.17, 15) is 0 Å². The third-order valence-electron chi connectivity index (χ3n) is 4.37. The maximum atomic E-state index is 6.24. The van der Waals surface area contributed by atoms with Crippen molar-refractivity contribution in [2.24, 2.45) is 5.73 Å². The standard InChI is InChI=1S/C16H24N2O/c1-18-10-6-14(7-11-18)19-15-5-3-2-4-13(15)12-16(17)8-9-16/h2-5,14H,6-12,17H2,1H3. The van der Waals surface area contributed by atoms with E-state index in [-0.39, 0.29) is 5.54 Å². The summed E-state index contributed by atoms with van der Waals surface area (Å²) in [5.74, 6) is 1.05. The first-order chi connectivity index (χ1) is 9.15. The van der Waals surface area contributed by atoms with Crippen LogP contribution in [0.15, 0.2) is 24.3 Å². The summed E-state index contributed by atoms with van der Waals surface area (Å²) in [5, 5.41) is 0. The Balaban J connectivity index is 1.66. The van der Waals surface area contributed by atoms with Crippen LogP contribution in [0, 0.1) is 0 Å². The van der Waals surface area contributed by atoms with E-state index in [0.717, 1.165) is 50.9 Å². The van der Waals surface area contributed by atoms with Gasteiger partial charge in [0.05, 0.1) is 0 Å². The first-order valence-electron chi connectivity index (χ1n) is 7.37. The molecular formula is C16H24N2O. The molecule has 0 radical (unpaired) electrons. The van der Waals surface area contributed by atoms with Crippen LogP contribution in [0.5, 0.6) is 5.75 Å². The minimum absolute atomic E-state index is 0.0479. The lowest BCUT2D eigenvalue weighted by atomic mass is 10.0. The molecule has 1 heterocycles. The van der Waals surface area contributed by atoms with Gasteiger partial charge >= 0.3 is 0 Å². The summed E-state index contributed by atoms with van der Waals surface area (Å²) in [6.07, 6.45) is 5.86. The molecule has 0 spiro atoms. The van der Waals surface area contributed by atoms with E-state index >= 15 is 0 Å². The zero-order chi connectivity index (χ0) is 13.3. The number of ether oxygens (including phenoxy) is 1. The second kappa shape index (κ2) is 5.14. The Morgan fingerprint density at radius 2 is 1.95 bits per heavy atom. The van der Waals surface area contributed by atoms with Gasteiger partial charge in [-0.25, -0.2) is 0 Å². The summed E-state index contributed by atoms with van der Waals surface area (Å²) in [7, 11) is 2.18. The molecule has 0 aromatic heterocycles. The molecular weight excluding hydrogens is 236 g/mol. The van der Waals surface area contributed by atoms with Gasteiger partial charge in [-0.1, -0.05) is 18.2 Å². The fraction of sp³-hybridized carbons (Fsp3) is 0.625. The molecule has 2 aliphatic rings. The highest BCUT2D eigenvalue weighted by molar-refractivity contribution is 5.36. The van der Waals surface area contributed by atoms with Crippen LogP contribution >= 0.6 is 0 Å². The lowest BCUT2D eigenvalue weighted by molar-refractivity contribution is 0.113. The average Bonchev–Trinajstić information content (AvgIpc) is 3.12. The van der Waals surface area contributed by atoms with E-state index in [2.05, 4.69) is 36.2 Å². The zero-order valence-electron chi connectivity index (χ0n) is 11.8. The fourth-order valence-electron chi connectivity index (χ4n) is 2.76. The highest BCUT2D eigenvalue weighted by Gasteiger charge is 2.38. The predicted molar refractivity (Wildman–Crippen MR) is 77.4 cm³/mol. The largest absolute Gasteiger partial charge is 0.490 e. The molecule has 3 nitrogen and oxygen atoms in total. The molecule has 104 valence electrons. The third kappa shape index (κ3) is 3.28. The Bertz CT molecular complexity index is 434. The Hall–Kier alpha value is -1.06. The minimum Gasteiger partial charge on any atom is -0.490 e. The number of likely N-dealkylation sites (tertiary alicyclic amines) is 1. The molecule has 3 heteroatoms. The Morgan fingerprint density at radius 1 is 1.26 bits per heavy atom. The second-order valence-electron chi connectivity index (χ2n) is 6.27. The van der Waals surface area contributed by atoms with Gasteiger partial charge in [0, 0.05) is 18.6 Å². The summed E-state index contributed by atoms with van der Waals surface area (Å²) in [4.78, 5) is 2.37. The van der Waals surface area contributed by atoms with Gasteiger partial charge in [0.2, 0.25) is 0 Å². The van der Waals surface area contributed by atoms with Crippen LogP contribution in [0.1, 0.15) is 31.2 Å². The maximum absolute atomic E-state index is 6.24. The minimum atomic E-state index is 0.0479. The molecule has 19 heavy (non-hydrogen) atoms. The van der Waals surface area contributed by atoms with E-state index in [4.69, 9.17) is 10.5 Å². The maximum Gasteiger partial charge on any atom is 0.122 e. The average molecular weight is 260 g/mol. The first-order valence-corrected chi connectivity index (χ1v) is 7.37. The van der Waals surface area contributed by atoms with Crippen molar-refractivity contribution in [2.45, 2.75) is 43.7 Å². The molecule has 0 amide bonds. The fourth-order valence-corrected chi connectivity index (χ4v) is 2.76. The molecule has 0 bridgehead atoms. The number of nitrogens with zero attached hydrogens (tertiary/aromatic N) is 1. The van der Waals surface area contributed by atoms with E-state index in [0.29, 0.717) is 6.10 Å². The second-order valence-corrected chi connectivity index (χ2v) is 6.27. The lowest BCUT2D eigenvalue weighted by Gasteiger charge is -2.30. The summed E-state index contributed by atoms with van der Waals surface area (Å²) in [6.45, 7) is 2.27. The van der Waals surface area contributed by atoms with Gasteiger partial charge in [-0.05, 0) is 50.8 Å². The van der Waals surface area contributed by atoms with E-state index < -0.39 is 0 Å². The van der Waals surface area contributed by atoms with Crippen LogP contribution < -0.4 is 10.5 Å². The quantitative estimate of drug-likeness (QED) is 0.902. The van der Waals surface area contributed by atoms with Gasteiger partial charge in [-0.15, -0.1) is 0 Å². The van der Waals surface area contributed by atoms with E-state index in [1.807, 2.05) is 0 Å². The summed E-state index contributed by atoms with van der Waals surface area (Å²) in [5.41, 5.74) is 7.56. The molecule has 1 aliphatic carbocycles. The van der Waals surface area contributed by atoms with Crippen molar-refractivity contribution < 1.29 is 4.74 Å². The molecule has 0 unspecified atom stereocenters. The van der Waals surface area contributed by atoms with Crippen molar-refractivity contribution in [3.8, 4) is 5.75 Å². The number of hydrogen-bond donors (Lipinski definition) is 1. The van der Waals surface area contributed by atoms with Crippen LogP contribution in [0.2, 0.25) is 0 Å². The van der Waals surface area contributed by atoms with Gasteiger partial charge in [-0.3, -0.25) is 0 Å². The third-order valence-corrected chi connectivity index (χ3v) is 4.37. The summed E-state index contributed by atoms with van der Waals surface area (Å²) >= 11 is 0. The molecule has 1 aliphatic heterocycles. The SMILES string of the molecule is CN1CCC(Oc2ccccc2CC2(N)CC2)CC1. The van der Waals surface area contributed by atoms with Crippen molar-refractivity contribution in [3.63, 3.8) is 0 Å². The predicted octanol–water partition coefficient (Wildman–Crippen LogP) is 2.19. The summed E-state index contributed by atoms with van der Waals surface area (Å²) in [6, 6.07) is 8.41. The van der Waals surface area contributed by atoms with Crippen LogP contribution in [0.25, 0.3) is 0 Å². The highest BCUT2D eigenvalue weighted by atomic mass is 16.5. The number of benzene rings is 1. The number of rotatable bonds is 4. The molecule has 1 saturated carbocycles. The van der Waals surface area contributed by atoms with Crippen molar-refractivity contribution in [3.05, 3.63) is 29.8 Å². The topological polar surface area (TPSA) is 38.5 Å². The van der Waals surface area contributed by atoms with Gasteiger partial charge < -0.3 is 15.4 Å². The van der Waals surface area contributed by atoms with Gasteiger partial charge in [0.1, 0.15) is 11.9 Å². The normalized spacial score (nSPS) is 23.3. The molecule has 3 rings (SSSR count). The Morgan fingerprint density at radius 3 is 2.63 bits per heavy atom. The number of hydrogen-bond acceptors (Lipinski definition) is 3. The van der Waals surface area contributed by atoms with E-state index in [1.54, 1.807) is 0 Å². The highest BCUT2D eigenvalue weighted by Crippen LogP contribution is 2.38. The number of para-hydroxylation sites is 1. The van der Waals surface area contributed by atoms with Crippen LogP contribution in [-0.4, -0.2) is 36.7 Å². The van der Waals surface area contributed by atoms with E-state index in [1.165, 1.54) is 5.56 Å². The molecule has 2 N–H and O–H groups in total.